The molecule has 1 N–H and O–H groups in total. The zero-order chi connectivity index (χ0) is 14.9. The summed E-state index contributed by atoms with van der Waals surface area (Å²) >= 11 is 0. The van der Waals surface area contributed by atoms with Crippen LogP contribution in [-0.4, -0.2) is 26.4 Å². The Morgan fingerprint density at radius 2 is 2.19 bits per heavy atom. The number of aryl methyl sites for hydroxylation is 1. The monoisotopic (exact) mass is 289 g/mol. The molecule has 1 spiro atoms. The maximum Gasteiger partial charge on any atom is 0.122 e. The molecule has 2 unspecified atom stereocenters. The van der Waals surface area contributed by atoms with E-state index in [0.29, 0.717) is 12.0 Å². The summed E-state index contributed by atoms with van der Waals surface area (Å²) in [5, 5.41) is 3.53. The van der Waals surface area contributed by atoms with Crippen molar-refractivity contribution in [2.75, 3.05) is 20.8 Å². The summed E-state index contributed by atoms with van der Waals surface area (Å²) in [5.41, 5.74) is 2.73. The van der Waals surface area contributed by atoms with Crippen molar-refractivity contribution in [3.05, 3.63) is 29.3 Å². The molecule has 1 heterocycles. The highest BCUT2D eigenvalue weighted by Gasteiger charge is 2.44. The smallest absolute Gasteiger partial charge is 0.122 e. The van der Waals surface area contributed by atoms with Crippen LogP contribution in [0, 0.1) is 12.8 Å². The number of hydrogen-bond acceptors (Lipinski definition) is 3. The molecule has 1 aliphatic carbocycles. The van der Waals surface area contributed by atoms with Gasteiger partial charge >= 0.3 is 0 Å². The van der Waals surface area contributed by atoms with Crippen molar-refractivity contribution >= 4 is 0 Å². The lowest BCUT2D eigenvalue weighted by atomic mass is 9.69. The van der Waals surface area contributed by atoms with E-state index >= 15 is 0 Å². The molecule has 1 saturated heterocycles. The molecule has 2 aliphatic rings. The first-order chi connectivity index (χ1) is 10.2. The fraction of sp³-hybridized carbons (Fsp3) is 0.667. The predicted octanol–water partition coefficient (Wildman–Crippen LogP) is 3.61. The second-order valence-corrected chi connectivity index (χ2v) is 6.63. The van der Waals surface area contributed by atoms with Crippen LogP contribution in [0.1, 0.15) is 49.3 Å². The van der Waals surface area contributed by atoms with Crippen molar-refractivity contribution in [2.45, 2.75) is 50.7 Å². The van der Waals surface area contributed by atoms with E-state index in [-0.39, 0.29) is 5.60 Å². The van der Waals surface area contributed by atoms with Crippen LogP contribution >= 0.6 is 0 Å². The van der Waals surface area contributed by atoms with Crippen LogP contribution in [0.4, 0.5) is 0 Å². The van der Waals surface area contributed by atoms with Crippen LogP contribution in [0.2, 0.25) is 0 Å². The highest BCUT2D eigenvalue weighted by molar-refractivity contribution is 5.38. The molecular weight excluding hydrogens is 262 g/mol. The topological polar surface area (TPSA) is 30.5 Å². The van der Waals surface area contributed by atoms with Gasteiger partial charge < -0.3 is 14.8 Å². The minimum Gasteiger partial charge on any atom is -0.496 e. The lowest BCUT2D eigenvalue weighted by Gasteiger charge is -2.48. The van der Waals surface area contributed by atoms with Crippen molar-refractivity contribution in [2.24, 2.45) is 5.92 Å². The molecule has 1 aromatic carbocycles. The van der Waals surface area contributed by atoms with E-state index in [0.717, 1.165) is 18.8 Å². The molecular formula is C18H27NO2. The highest BCUT2D eigenvalue weighted by atomic mass is 16.5. The number of hydrogen-bond donors (Lipinski definition) is 1. The maximum atomic E-state index is 6.07. The molecule has 1 aliphatic heterocycles. The Labute approximate surface area is 128 Å². The largest absolute Gasteiger partial charge is 0.496 e. The van der Waals surface area contributed by atoms with Crippen LogP contribution in [-0.2, 0) is 4.74 Å². The first kappa shape index (κ1) is 14.9. The van der Waals surface area contributed by atoms with Gasteiger partial charge in [0.2, 0.25) is 0 Å². The summed E-state index contributed by atoms with van der Waals surface area (Å²) in [6.45, 7) is 3.00. The Kier molecular flexibility index (Phi) is 4.23. The predicted molar refractivity (Wildman–Crippen MR) is 84.8 cm³/mol. The standard InChI is InChI=1S/C18H27NO2/c1-13-5-6-14(11-16(13)20-3)17(19-2)15-7-10-21-18(12-15)8-4-9-18/h5-6,11,15,17,19H,4,7-10,12H2,1-3H3. The summed E-state index contributed by atoms with van der Waals surface area (Å²) in [5.74, 6) is 1.63. The molecule has 3 rings (SSSR count). The molecule has 1 aromatic rings. The quantitative estimate of drug-likeness (QED) is 0.918. The Morgan fingerprint density at radius 3 is 2.81 bits per heavy atom. The Hall–Kier alpha value is -1.06. The van der Waals surface area contributed by atoms with Gasteiger partial charge in [0.25, 0.3) is 0 Å². The number of ether oxygens (including phenoxy) is 2. The molecule has 21 heavy (non-hydrogen) atoms. The van der Waals surface area contributed by atoms with Crippen LogP contribution < -0.4 is 10.1 Å². The molecule has 0 radical (unpaired) electrons. The third-order valence-electron chi connectivity index (χ3n) is 5.37. The fourth-order valence-electron chi connectivity index (χ4n) is 3.97. The highest BCUT2D eigenvalue weighted by Crippen LogP contribution is 2.47. The van der Waals surface area contributed by atoms with Crippen LogP contribution in [0.3, 0.4) is 0 Å². The van der Waals surface area contributed by atoms with E-state index in [1.54, 1.807) is 7.11 Å². The fourth-order valence-corrected chi connectivity index (χ4v) is 3.97. The van der Waals surface area contributed by atoms with E-state index in [1.165, 1.54) is 36.8 Å². The average Bonchev–Trinajstić information content (AvgIpc) is 2.48. The van der Waals surface area contributed by atoms with E-state index in [1.807, 2.05) is 0 Å². The summed E-state index contributed by atoms with van der Waals surface area (Å²) < 4.78 is 11.6. The minimum absolute atomic E-state index is 0.201. The summed E-state index contributed by atoms with van der Waals surface area (Å²) in [4.78, 5) is 0. The molecule has 1 saturated carbocycles. The van der Waals surface area contributed by atoms with Crippen LogP contribution in [0.25, 0.3) is 0 Å². The summed E-state index contributed by atoms with van der Waals surface area (Å²) in [7, 11) is 3.82. The lowest BCUT2D eigenvalue weighted by molar-refractivity contribution is -0.147. The van der Waals surface area contributed by atoms with Gasteiger partial charge in [0.15, 0.2) is 0 Å². The second kappa shape index (κ2) is 5.98. The van der Waals surface area contributed by atoms with E-state index in [4.69, 9.17) is 9.47 Å². The number of methoxy groups -OCH3 is 1. The Bertz CT molecular complexity index is 496. The van der Waals surface area contributed by atoms with Gasteiger partial charge in [-0.25, -0.2) is 0 Å². The molecule has 3 heteroatoms. The van der Waals surface area contributed by atoms with Crippen LogP contribution in [0.5, 0.6) is 5.75 Å². The van der Waals surface area contributed by atoms with Crippen molar-refractivity contribution in [1.29, 1.82) is 0 Å². The van der Waals surface area contributed by atoms with Gasteiger partial charge in [-0.1, -0.05) is 12.1 Å². The first-order valence-electron chi connectivity index (χ1n) is 8.13. The minimum atomic E-state index is 0.201. The Balaban J connectivity index is 1.80. The lowest BCUT2D eigenvalue weighted by Crippen LogP contribution is -2.47. The maximum absolute atomic E-state index is 6.07. The zero-order valence-electron chi connectivity index (χ0n) is 13.4. The molecule has 3 nitrogen and oxygen atoms in total. The van der Waals surface area contributed by atoms with E-state index in [2.05, 4.69) is 37.5 Å². The van der Waals surface area contributed by atoms with E-state index < -0.39 is 0 Å². The number of benzene rings is 1. The van der Waals surface area contributed by atoms with Crippen molar-refractivity contribution in [3.8, 4) is 5.75 Å². The van der Waals surface area contributed by atoms with Gasteiger partial charge in [0.05, 0.1) is 12.7 Å². The van der Waals surface area contributed by atoms with Gasteiger partial charge in [-0.2, -0.15) is 0 Å². The number of nitrogens with one attached hydrogen (secondary N) is 1. The average molecular weight is 289 g/mol. The van der Waals surface area contributed by atoms with Gasteiger partial charge in [0, 0.05) is 12.6 Å². The molecule has 116 valence electrons. The zero-order valence-corrected chi connectivity index (χ0v) is 13.4. The third-order valence-corrected chi connectivity index (χ3v) is 5.37. The van der Waals surface area contributed by atoms with E-state index in [9.17, 15) is 0 Å². The molecule has 0 bridgehead atoms. The number of rotatable bonds is 4. The van der Waals surface area contributed by atoms with Gasteiger partial charge in [-0.3, -0.25) is 0 Å². The van der Waals surface area contributed by atoms with Gasteiger partial charge in [-0.05, 0) is 69.2 Å². The molecule has 2 atom stereocenters. The van der Waals surface area contributed by atoms with Crippen molar-refractivity contribution in [3.63, 3.8) is 0 Å². The van der Waals surface area contributed by atoms with Crippen LogP contribution in [0.15, 0.2) is 18.2 Å². The Morgan fingerprint density at radius 1 is 1.38 bits per heavy atom. The summed E-state index contributed by atoms with van der Waals surface area (Å²) in [6.07, 6.45) is 6.15. The normalized spacial score (nSPS) is 25.4. The first-order valence-corrected chi connectivity index (χ1v) is 8.13. The third kappa shape index (κ3) is 2.82. The second-order valence-electron chi connectivity index (χ2n) is 6.63. The van der Waals surface area contributed by atoms with Gasteiger partial charge in [0.1, 0.15) is 5.75 Å². The molecule has 0 amide bonds. The van der Waals surface area contributed by atoms with Gasteiger partial charge in [-0.15, -0.1) is 0 Å². The van der Waals surface area contributed by atoms with Crippen molar-refractivity contribution < 1.29 is 9.47 Å². The SMILES string of the molecule is CNC(c1ccc(C)c(OC)c1)C1CCOC2(CCC2)C1. The molecule has 2 fully saturated rings. The molecule has 0 aromatic heterocycles. The van der Waals surface area contributed by atoms with Crippen molar-refractivity contribution in [1.82, 2.24) is 5.32 Å². The summed E-state index contributed by atoms with van der Waals surface area (Å²) in [6, 6.07) is 6.99.